The number of hydrogen-bond donors (Lipinski definition) is 8. The van der Waals surface area contributed by atoms with Crippen LogP contribution in [0.5, 0.6) is 0 Å². The molecule has 9 rings (SSSR count). The molecule has 0 radical (unpaired) electrons. The van der Waals surface area contributed by atoms with Crippen LogP contribution in [0.4, 0.5) is 13.6 Å². The summed E-state index contributed by atoms with van der Waals surface area (Å²) in [5, 5.41) is 13.6. The SMILES string of the molecule is CN1CC[C@H]2CC[C@@H](C(=O)N[C@@H](COC(N)=O)C(=O)N[C@H](C(=O)NC3CCC(CC#Cc4cccc5c4CN(C4CCC(=O)NC4=O)C5=O)CC3)c3ccccc3)N2C(=O)[C@@H](NC(=O)c2cc3cc(C(F)(F)P(=O)(O)O)ccc3s2)C1. The van der Waals surface area contributed by atoms with Gasteiger partial charge in [-0.3, -0.25) is 48.2 Å². The second kappa shape index (κ2) is 24.2. The third kappa shape index (κ3) is 13.0. The monoisotopic (exact) mass is 1160 g/mol. The van der Waals surface area contributed by atoms with Gasteiger partial charge in [0.1, 0.15) is 36.8 Å². The van der Waals surface area contributed by atoms with E-state index in [1.54, 1.807) is 49.5 Å². The second-order valence-electron chi connectivity index (χ2n) is 21.0. The van der Waals surface area contributed by atoms with Gasteiger partial charge in [0, 0.05) is 59.4 Å². The molecule has 4 fully saturated rings. The molecule has 1 aromatic heterocycles. The van der Waals surface area contributed by atoms with Gasteiger partial charge in [-0.2, -0.15) is 8.78 Å². The molecule has 3 aromatic carbocycles. The number of carbonyl (C=O) groups excluding carboxylic acids is 9. The van der Waals surface area contributed by atoms with E-state index in [-0.39, 0.29) is 66.4 Å². The molecule has 9 amide bonds. The Morgan fingerprint density at radius 2 is 1.65 bits per heavy atom. The molecule has 1 saturated carbocycles. The highest BCUT2D eigenvalue weighted by Gasteiger charge is 2.51. The molecule has 0 spiro atoms. The number of nitrogens with two attached hydrogens (primary N) is 1. The molecule has 26 heteroatoms. The molecule has 5 heterocycles. The second-order valence-corrected chi connectivity index (χ2v) is 23.8. The van der Waals surface area contributed by atoms with E-state index >= 15 is 0 Å². The standard InChI is InChI=1S/C55H60F2N9O13PS/c1-64-24-23-36-18-19-42(66(36)53(74)39(28-64)60-50(71)44-26-33-25-34(15-21-43(33)81-44)55(56,57)80(76,77)78)49(70)61-40(29-79-54(58)75)47(68)63-46(32-8-3-2-4-9-32)51(72)59-35-16-13-30(14-17-35)7-5-10-31-11-6-12-37-38(31)27-65(52(37)73)41-20-22-45(67)62-48(41)69/h2-4,6,8-9,11-12,15,21,25-26,30,35-36,39-42,46H,7,13-14,16-20,22-24,27-29H2,1H3,(H2,58,75)(H,59,72)(H,60,71)(H,61,70)(H,63,68)(H,62,67,69)(H2,76,77,78)/t30?,35?,36-,39+,40+,41?,42+,46+/m1/s1. The summed E-state index contributed by atoms with van der Waals surface area (Å²) in [6.45, 7) is -0.0584. The Balaban J connectivity index is 0.828. The maximum Gasteiger partial charge on any atom is 0.404 e. The maximum atomic E-state index is 14.6. The summed E-state index contributed by atoms with van der Waals surface area (Å²) in [6, 6.07) is 11.2. The number of halogens is 2. The van der Waals surface area contributed by atoms with Gasteiger partial charge in [-0.25, -0.2) is 4.79 Å². The molecular formula is C55H60F2N9O13PS. The minimum Gasteiger partial charge on any atom is -0.447 e. The van der Waals surface area contributed by atoms with Gasteiger partial charge in [0.2, 0.25) is 35.4 Å². The number of rotatable bonds is 15. The van der Waals surface area contributed by atoms with E-state index in [2.05, 4.69) is 38.4 Å². The summed E-state index contributed by atoms with van der Waals surface area (Å²) in [6.07, 6.45) is 3.36. The van der Waals surface area contributed by atoms with E-state index in [4.69, 9.17) is 10.5 Å². The highest BCUT2D eigenvalue weighted by Crippen LogP contribution is 2.59. The number of likely N-dealkylation sites (N-methyl/N-ethyl adjacent to an activating group) is 1. The summed E-state index contributed by atoms with van der Waals surface area (Å²) in [7, 11) is -4.12. The zero-order valence-corrected chi connectivity index (χ0v) is 45.6. The van der Waals surface area contributed by atoms with Crippen LogP contribution in [-0.4, -0.2) is 141 Å². The summed E-state index contributed by atoms with van der Waals surface area (Å²) in [5.74, 6) is 1.98. The van der Waals surface area contributed by atoms with Crippen molar-refractivity contribution in [3.05, 3.63) is 105 Å². The van der Waals surface area contributed by atoms with Crippen LogP contribution in [0.3, 0.4) is 0 Å². The first-order chi connectivity index (χ1) is 38.6. The molecule has 81 heavy (non-hydrogen) atoms. The number of primary amides is 1. The number of fused-ring (bicyclic) bond motifs is 3. The van der Waals surface area contributed by atoms with Crippen molar-refractivity contribution < 1.29 is 71.0 Å². The van der Waals surface area contributed by atoms with E-state index in [9.17, 15) is 66.3 Å². The van der Waals surface area contributed by atoms with Crippen molar-refractivity contribution in [1.29, 1.82) is 0 Å². The Hall–Kier alpha value is -7.62. The first kappa shape index (κ1) is 58.0. The fraction of sp³-hybridized carbons (Fsp3) is 0.436. The summed E-state index contributed by atoms with van der Waals surface area (Å²) in [4.78, 5) is 144. The largest absolute Gasteiger partial charge is 0.447 e. The van der Waals surface area contributed by atoms with Gasteiger partial charge in [0.25, 0.3) is 11.8 Å². The molecule has 22 nitrogen and oxygen atoms in total. The first-order valence-corrected chi connectivity index (χ1v) is 28.9. The van der Waals surface area contributed by atoms with Crippen molar-refractivity contribution in [2.45, 2.75) is 119 Å². The Bertz CT molecular complexity index is 3290. The van der Waals surface area contributed by atoms with Gasteiger partial charge in [-0.1, -0.05) is 54.3 Å². The normalized spacial score (nSPS) is 23.1. The van der Waals surface area contributed by atoms with Crippen LogP contribution in [0.2, 0.25) is 0 Å². The van der Waals surface area contributed by atoms with Crippen molar-refractivity contribution in [1.82, 2.24) is 41.3 Å². The number of imide groups is 1. The quantitative estimate of drug-likeness (QED) is 0.0482. The predicted molar refractivity (Wildman–Crippen MR) is 287 cm³/mol. The topological polar surface area (TPSA) is 316 Å². The van der Waals surface area contributed by atoms with Gasteiger partial charge < -0.3 is 56.2 Å². The lowest BCUT2D eigenvalue weighted by molar-refractivity contribution is -0.144. The van der Waals surface area contributed by atoms with Crippen LogP contribution in [0, 0.1) is 17.8 Å². The number of amides is 9. The lowest BCUT2D eigenvalue weighted by atomic mass is 9.84. The van der Waals surface area contributed by atoms with Gasteiger partial charge in [0.05, 0.1) is 4.88 Å². The highest BCUT2D eigenvalue weighted by molar-refractivity contribution is 7.52. The van der Waals surface area contributed by atoms with Gasteiger partial charge >= 0.3 is 19.4 Å². The molecule has 9 N–H and O–H groups in total. The number of hydrogen-bond acceptors (Lipinski definition) is 13. The van der Waals surface area contributed by atoms with Crippen molar-refractivity contribution in [2.75, 3.05) is 26.7 Å². The average Bonchev–Trinajstić information content (AvgIpc) is 4.33. The Morgan fingerprint density at radius 1 is 0.901 bits per heavy atom. The van der Waals surface area contributed by atoms with Crippen molar-refractivity contribution in [2.24, 2.45) is 11.7 Å². The number of carbonyl (C=O) groups is 9. The molecule has 6 atom stereocenters. The fourth-order valence-corrected chi connectivity index (χ4v) is 12.7. The molecule has 5 aliphatic rings. The lowest BCUT2D eigenvalue weighted by Crippen LogP contribution is -2.61. The number of ether oxygens (including phenoxy) is 1. The molecular weight excluding hydrogens is 1100 g/mol. The smallest absolute Gasteiger partial charge is 0.404 e. The molecule has 0 bridgehead atoms. The number of benzene rings is 3. The molecule has 1 unspecified atom stereocenters. The predicted octanol–water partition coefficient (Wildman–Crippen LogP) is 3.24. The average molecular weight is 1160 g/mol. The third-order valence-corrected chi connectivity index (χ3v) is 17.7. The van der Waals surface area contributed by atoms with E-state index in [1.807, 2.05) is 11.0 Å². The minimum atomic E-state index is -5.87. The maximum absolute atomic E-state index is 14.6. The van der Waals surface area contributed by atoms with E-state index in [0.29, 0.717) is 60.0 Å². The van der Waals surface area contributed by atoms with Crippen LogP contribution >= 0.6 is 18.9 Å². The Kier molecular flexibility index (Phi) is 17.4. The third-order valence-electron chi connectivity index (χ3n) is 15.6. The van der Waals surface area contributed by atoms with Crippen molar-refractivity contribution in [3.63, 3.8) is 0 Å². The van der Waals surface area contributed by atoms with Crippen LogP contribution in [0.1, 0.15) is 113 Å². The molecule has 3 saturated heterocycles. The fourth-order valence-electron chi connectivity index (χ4n) is 11.2. The summed E-state index contributed by atoms with van der Waals surface area (Å²) >= 11 is 0.907. The zero-order valence-electron chi connectivity index (χ0n) is 43.9. The van der Waals surface area contributed by atoms with Crippen LogP contribution in [-0.2, 0) is 50.3 Å². The molecule has 4 aliphatic heterocycles. The van der Waals surface area contributed by atoms with Crippen LogP contribution < -0.4 is 32.3 Å². The minimum absolute atomic E-state index is 0.0140. The number of piperidine rings is 1. The van der Waals surface area contributed by atoms with E-state index in [0.717, 1.165) is 41.9 Å². The zero-order chi connectivity index (χ0) is 57.9. The number of nitrogens with zero attached hydrogens (tertiary/aromatic N) is 3. The highest BCUT2D eigenvalue weighted by atomic mass is 32.1. The van der Waals surface area contributed by atoms with Gasteiger partial charge in [0.15, 0.2) is 0 Å². The number of alkyl halides is 2. The number of nitrogens with one attached hydrogen (secondary N) is 5. The molecule has 1 aliphatic carbocycles. The van der Waals surface area contributed by atoms with Crippen LogP contribution in [0.15, 0.2) is 72.8 Å². The first-order valence-electron chi connectivity index (χ1n) is 26.5. The van der Waals surface area contributed by atoms with E-state index in [1.165, 1.54) is 21.9 Å². The van der Waals surface area contributed by atoms with Crippen molar-refractivity contribution in [3.8, 4) is 11.8 Å². The van der Waals surface area contributed by atoms with Crippen LogP contribution in [0.25, 0.3) is 10.1 Å². The van der Waals surface area contributed by atoms with E-state index < -0.39 is 103 Å². The van der Waals surface area contributed by atoms with Crippen molar-refractivity contribution >= 4 is 82.4 Å². The lowest BCUT2D eigenvalue weighted by Gasteiger charge is -2.38. The summed E-state index contributed by atoms with van der Waals surface area (Å²) < 4.78 is 46.0. The molecule has 428 valence electrons. The van der Waals surface area contributed by atoms with Gasteiger partial charge in [-0.15, -0.1) is 11.3 Å². The number of thiophene rings is 1. The van der Waals surface area contributed by atoms with Gasteiger partial charge in [-0.05, 0) is 118 Å². The summed E-state index contributed by atoms with van der Waals surface area (Å²) in [5.41, 5.74) is 2.19. The molecule has 4 aromatic rings. The Labute approximate surface area is 467 Å². The Morgan fingerprint density at radius 3 is 2.37 bits per heavy atom.